The molecule has 0 bridgehead atoms. The highest BCUT2D eigenvalue weighted by atomic mass is 32.2. The molecule has 10 heteroatoms. The summed E-state index contributed by atoms with van der Waals surface area (Å²) in [5.74, 6) is -1.05. The SMILES string of the molecule is CN(CC(=O)NCC(F)(F)F)S(=O)(=O)c1ccc(N)cc1. The van der Waals surface area contributed by atoms with Gasteiger partial charge < -0.3 is 11.1 Å². The number of rotatable bonds is 5. The van der Waals surface area contributed by atoms with Gasteiger partial charge in [-0.25, -0.2) is 8.42 Å². The van der Waals surface area contributed by atoms with Gasteiger partial charge in [0.05, 0.1) is 11.4 Å². The maximum absolute atomic E-state index is 12.1. The zero-order chi connectivity index (χ0) is 16.3. The standard InChI is InChI=1S/C11H14F3N3O3S/c1-17(6-10(18)16-7-11(12,13)14)21(19,20)9-4-2-8(15)3-5-9/h2-5H,6-7,15H2,1H3,(H,16,18). The highest BCUT2D eigenvalue weighted by Gasteiger charge is 2.29. The van der Waals surface area contributed by atoms with Gasteiger partial charge in [-0.3, -0.25) is 4.79 Å². The summed E-state index contributed by atoms with van der Waals surface area (Å²) in [6.45, 7) is -2.23. The highest BCUT2D eigenvalue weighted by molar-refractivity contribution is 7.89. The number of anilines is 1. The normalized spacial score (nSPS) is 12.4. The molecule has 1 aromatic carbocycles. The van der Waals surface area contributed by atoms with E-state index in [4.69, 9.17) is 5.73 Å². The second-order valence-corrected chi connectivity index (χ2v) is 6.27. The highest BCUT2D eigenvalue weighted by Crippen LogP contribution is 2.16. The van der Waals surface area contributed by atoms with Gasteiger partial charge in [-0.15, -0.1) is 0 Å². The quantitative estimate of drug-likeness (QED) is 0.774. The third-order valence-corrected chi connectivity index (χ3v) is 4.26. The van der Waals surface area contributed by atoms with E-state index in [9.17, 15) is 26.4 Å². The zero-order valence-corrected chi connectivity index (χ0v) is 11.8. The number of nitrogens with one attached hydrogen (secondary N) is 1. The lowest BCUT2D eigenvalue weighted by molar-refractivity contribution is -0.138. The van der Waals surface area contributed by atoms with E-state index in [2.05, 4.69) is 0 Å². The van der Waals surface area contributed by atoms with Crippen LogP contribution in [0.1, 0.15) is 0 Å². The molecule has 0 aliphatic carbocycles. The second-order valence-electron chi connectivity index (χ2n) is 4.22. The minimum absolute atomic E-state index is 0.108. The first-order valence-electron chi connectivity index (χ1n) is 5.68. The van der Waals surface area contributed by atoms with E-state index in [-0.39, 0.29) is 4.90 Å². The Morgan fingerprint density at radius 1 is 1.29 bits per heavy atom. The van der Waals surface area contributed by atoms with Crippen LogP contribution in [0.5, 0.6) is 0 Å². The summed E-state index contributed by atoms with van der Waals surface area (Å²) in [4.78, 5) is 11.2. The van der Waals surface area contributed by atoms with Gasteiger partial charge in [0.25, 0.3) is 0 Å². The van der Waals surface area contributed by atoms with Gasteiger partial charge in [0.2, 0.25) is 15.9 Å². The number of hydrogen-bond acceptors (Lipinski definition) is 4. The molecule has 3 N–H and O–H groups in total. The lowest BCUT2D eigenvalue weighted by Gasteiger charge is -2.17. The smallest absolute Gasteiger partial charge is 0.399 e. The number of carbonyl (C=O) groups excluding carboxylic acids is 1. The summed E-state index contributed by atoms with van der Waals surface area (Å²) in [6.07, 6.45) is -4.55. The van der Waals surface area contributed by atoms with Crippen LogP contribution in [0.2, 0.25) is 0 Å². The molecular formula is C11H14F3N3O3S. The molecule has 1 rings (SSSR count). The second kappa shape index (κ2) is 6.31. The number of hydrogen-bond donors (Lipinski definition) is 2. The number of amides is 1. The molecule has 0 atom stereocenters. The molecular weight excluding hydrogens is 311 g/mol. The number of nitrogen functional groups attached to an aromatic ring is 1. The van der Waals surface area contributed by atoms with Crippen molar-refractivity contribution in [1.82, 2.24) is 9.62 Å². The van der Waals surface area contributed by atoms with Gasteiger partial charge in [0.1, 0.15) is 6.54 Å². The molecule has 1 amide bonds. The molecule has 0 aliphatic heterocycles. The Morgan fingerprint density at radius 2 is 1.81 bits per heavy atom. The number of benzene rings is 1. The number of alkyl halides is 3. The Kier molecular flexibility index (Phi) is 5.18. The van der Waals surface area contributed by atoms with E-state index in [1.54, 1.807) is 5.32 Å². The van der Waals surface area contributed by atoms with E-state index in [0.717, 1.165) is 7.05 Å². The molecule has 6 nitrogen and oxygen atoms in total. The predicted octanol–water partition coefficient (Wildman–Crippen LogP) is 0.568. The van der Waals surface area contributed by atoms with Crippen molar-refractivity contribution in [3.8, 4) is 0 Å². The third-order valence-electron chi connectivity index (χ3n) is 2.44. The van der Waals surface area contributed by atoms with Gasteiger partial charge in [0, 0.05) is 12.7 Å². The number of nitrogens with two attached hydrogens (primary N) is 1. The molecule has 21 heavy (non-hydrogen) atoms. The lowest BCUT2D eigenvalue weighted by atomic mass is 10.3. The van der Waals surface area contributed by atoms with Crippen molar-refractivity contribution in [2.24, 2.45) is 0 Å². The molecule has 118 valence electrons. The fourth-order valence-electron chi connectivity index (χ4n) is 1.36. The van der Waals surface area contributed by atoms with Crippen molar-refractivity contribution in [3.63, 3.8) is 0 Å². The Labute approximate surface area is 119 Å². The van der Waals surface area contributed by atoms with Crippen molar-refractivity contribution in [1.29, 1.82) is 0 Å². The average molecular weight is 325 g/mol. The van der Waals surface area contributed by atoms with Crippen LogP contribution in [0.25, 0.3) is 0 Å². The fraction of sp³-hybridized carbons (Fsp3) is 0.364. The van der Waals surface area contributed by atoms with Crippen molar-refractivity contribution < 1.29 is 26.4 Å². The molecule has 0 aromatic heterocycles. The summed E-state index contributed by atoms with van der Waals surface area (Å²) >= 11 is 0. The van der Waals surface area contributed by atoms with E-state index < -0.39 is 35.2 Å². The number of carbonyl (C=O) groups is 1. The van der Waals surface area contributed by atoms with Crippen molar-refractivity contribution in [2.75, 3.05) is 25.9 Å². The first-order chi connectivity index (χ1) is 9.52. The first-order valence-corrected chi connectivity index (χ1v) is 7.12. The Morgan fingerprint density at radius 3 is 2.29 bits per heavy atom. The number of nitrogens with zero attached hydrogens (tertiary/aromatic N) is 1. The van der Waals surface area contributed by atoms with Crippen molar-refractivity contribution in [2.45, 2.75) is 11.1 Å². The Balaban J connectivity index is 2.72. The van der Waals surface area contributed by atoms with Crippen LogP contribution >= 0.6 is 0 Å². The summed E-state index contributed by atoms with van der Waals surface area (Å²) in [7, 11) is -2.87. The molecule has 0 saturated heterocycles. The van der Waals surface area contributed by atoms with Crippen LogP contribution in [0.4, 0.5) is 18.9 Å². The fourth-order valence-corrected chi connectivity index (χ4v) is 2.49. The first kappa shape index (κ1) is 17.2. The van der Waals surface area contributed by atoms with Crippen LogP contribution in [-0.4, -0.2) is 44.9 Å². The monoisotopic (exact) mass is 325 g/mol. The van der Waals surface area contributed by atoms with Gasteiger partial charge in [-0.1, -0.05) is 0 Å². The van der Waals surface area contributed by atoms with Crippen LogP contribution in [-0.2, 0) is 14.8 Å². The minimum atomic E-state index is -4.55. The van der Waals surface area contributed by atoms with E-state index in [1.807, 2.05) is 0 Å². The summed E-state index contributed by atoms with van der Waals surface area (Å²) < 4.78 is 60.6. The molecule has 1 aromatic rings. The molecule has 0 heterocycles. The number of halogens is 3. The summed E-state index contributed by atoms with van der Waals surface area (Å²) in [5, 5.41) is 1.60. The van der Waals surface area contributed by atoms with Gasteiger partial charge in [0.15, 0.2) is 0 Å². The lowest BCUT2D eigenvalue weighted by Crippen LogP contribution is -2.41. The van der Waals surface area contributed by atoms with Crippen molar-refractivity contribution in [3.05, 3.63) is 24.3 Å². The molecule has 0 aliphatic rings. The topological polar surface area (TPSA) is 92.5 Å². The Hall–Kier alpha value is -1.81. The van der Waals surface area contributed by atoms with E-state index >= 15 is 0 Å². The van der Waals surface area contributed by atoms with Crippen LogP contribution in [0, 0.1) is 0 Å². The minimum Gasteiger partial charge on any atom is -0.399 e. The van der Waals surface area contributed by atoms with Crippen LogP contribution in [0.15, 0.2) is 29.2 Å². The van der Waals surface area contributed by atoms with Gasteiger partial charge in [-0.2, -0.15) is 17.5 Å². The van der Waals surface area contributed by atoms with Gasteiger partial charge in [-0.05, 0) is 24.3 Å². The maximum Gasteiger partial charge on any atom is 0.405 e. The molecule has 0 saturated carbocycles. The van der Waals surface area contributed by atoms with Crippen molar-refractivity contribution >= 4 is 21.6 Å². The average Bonchev–Trinajstić information content (AvgIpc) is 2.36. The van der Waals surface area contributed by atoms with E-state index in [1.165, 1.54) is 24.3 Å². The molecule has 0 fully saturated rings. The number of likely N-dealkylation sites (N-methyl/N-ethyl adjacent to an activating group) is 1. The van der Waals surface area contributed by atoms with Crippen LogP contribution < -0.4 is 11.1 Å². The summed E-state index contributed by atoms with van der Waals surface area (Å²) in [5.41, 5.74) is 5.79. The molecule has 0 radical (unpaired) electrons. The molecule has 0 unspecified atom stereocenters. The number of sulfonamides is 1. The van der Waals surface area contributed by atoms with Gasteiger partial charge >= 0.3 is 6.18 Å². The predicted molar refractivity (Wildman–Crippen MR) is 69.7 cm³/mol. The maximum atomic E-state index is 12.1. The zero-order valence-electron chi connectivity index (χ0n) is 11.0. The van der Waals surface area contributed by atoms with E-state index in [0.29, 0.717) is 9.99 Å². The molecule has 0 spiro atoms. The Bertz CT molecular complexity index is 599. The van der Waals surface area contributed by atoms with Crippen LogP contribution in [0.3, 0.4) is 0 Å². The largest absolute Gasteiger partial charge is 0.405 e. The third kappa shape index (κ3) is 5.23. The summed E-state index contributed by atoms with van der Waals surface area (Å²) in [6, 6.07) is 5.22.